The lowest BCUT2D eigenvalue weighted by Crippen LogP contribution is -1.95. The molecule has 0 heterocycles. The summed E-state index contributed by atoms with van der Waals surface area (Å²) in [6, 6.07) is 4.04. The van der Waals surface area contributed by atoms with E-state index in [1.165, 1.54) is 22.4 Å². The molecule has 1 aromatic rings. The van der Waals surface area contributed by atoms with Crippen molar-refractivity contribution < 1.29 is 0 Å². The number of alkyl halides is 1. The summed E-state index contributed by atoms with van der Waals surface area (Å²) in [5, 5.41) is 1.59. The van der Waals surface area contributed by atoms with Crippen molar-refractivity contribution in [2.75, 3.05) is 5.33 Å². The third kappa shape index (κ3) is 3.25. The van der Waals surface area contributed by atoms with Gasteiger partial charge in [0, 0.05) is 33.2 Å². The van der Waals surface area contributed by atoms with Crippen molar-refractivity contribution in [1.82, 2.24) is 0 Å². The van der Waals surface area contributed by atoms with Crippen LogP contribution in [-0.2, 0) is 12.8 Å². The summed E-state index contributed by atoms with van der Waals surface area (Å²) in [5.74, 6) is 0. The van der Waals surface area contributed by atoms with Gasteiger partial charge in [-0.2, -0.15) is 0 Å². The van der Waals surface area contributed by atoms with Crippen LogP contribution in [0, 0.1) is 0 Å². The predicted octanol–water partition coefficient (Wildman–Crippen LogP) is 5.33. The normalized spacial score (nSPS) is 16.0. The Morgan fingerprint density at radius 3 is 2.89 bits per heavy atom. The first-order valence-corrected chi connectivity index (χ1v) is 8.15. The highest BCUT2D eigenvalue weighted by Gasteiger charge is 2.16. The molecule has 0 saturated carbocycles. The molecule has 0 amide bonds. The predicted molar refractivity (Wildman–Crippen MR) is 86.2 cm³/mol. The van der Waals surface area contributed by atoms with E-state index in [4.69, 9.17) is 11.6 Å². The van der Waals surface area contributed by atoms with Gasteiger partial charge in [-0.3, -0.25) is 4.99 Å². The summed E-state index contributed by atoms with van der Waals surface area (Å²) in [6.07, 6.45) is 4.87. The smallest absolute Gasteiger partial charge is 0.0433 e. The summed E-state index contributed by atoms with van der Waals surface area (Å²) in [6.45, 7) is 2.17. The molecule has 0 N–H and O–H groups in total. The number of allylic oxidation sites excluding steroid dienone is 2. The van der Waals surface area contributed by atoms with Gasteiger partial charge in [0.15, 0.2) is 0 Å². The standard InChI is InChI=1S/C14H14Br2ClN/c1-9-2-3-10-6-11(17)7-13(16)12(10)8-14(9)18-5-4-15/h5-7H,2-4,8H2,1H3. The van der Waals surface area contributed by atoms with Gasteiger partial charge in [0.25, 0.3) is 0 Å². The number of nitrogens with zero attached hydrogens (tertiary/aromatic N) is 1. The number of rotatable bonds is 2. The summed E-state index contributed by atoms with van der Waals surface area (Å²) in [5.41, 5.74) is 5.19. The number of aliphatic imine (C=N–C) groups is 1. The molecule has 0 atom stereocenters. The second kappa shape index (κ2) is 6.36. The monoisotopic (exact) mass is 389 g/mol. The molecule has 96 valence electrons. The largest absolute Gasteiger partial charge is 0.264 e. The summed E-state index contributed by atoms with van der Waals surface area (Å²) < 4.78 is 1.09. The molecule has 0 spiro atoms. The van der Waals surface area contributed by atoms with Gasteiger partial charge in [-0.25, -0.2) is 0 Å². The Bertz CT molecular complexity index is 521. The molecule has 0 aliphatic heterocycles. The number of halogens is 3. The van der Waals surface area contributed by atoms with Crippen LogP contribution in [0.3, 0.4) is 0 Å². The van der Waals surface area contributed by atoms with Gasteiger partial charge in [-0.05, 0) is 43.0 Å². The van der Waals surface area contributed by atoms with Crippen LogP contribution in [0.1, 0.15) is 24.5 Å². The van der Waals surface area contributed by atoms with Crippen LogP contribution in [0.25, 0.3) is 0 Å². The first-order valence-electron chi connectivity index (χ1n) is 5.85. The van der Waals surface area contributed by atoms with E-state index < -0.39 is 0 Å². The lowest BCUT2D eigenvalue weighted by atomic mass is 10.0. The Kier molecular flexibility index (Phi) is 5.05. The highest BCUT2D eigenvalue weighted by atomic mass is 79.9. The molecule has 4 heteroatoms. The van der Waals surface area contributed by atoms with Gasteiger partial charge >= 0.3 is 0 Å². The van der Waals surface area contributed by atoms with E-state index in [9.17, 15) is 0 Å². The molecular weight excluding hydrogens is 377 g/mol. The fraction of sp³-hybridized carbons (Fsp3) is 0.357. The molecule has 1 aliphatic carbocycles. The quantitative estimate of drug-likeness (QED) is 0.477. The molecule has 1 nitrogen and oxygen atoms in total. The van der Waals surface area contributed by atoms with Crippen molar-refractivity contribution in [3.05, 3.63) is 44.0 Å². The van der Waals surface area contributed by atoms with Crippen LogP contribution in [0.4, 0.5) is 0 Å². The fourth-order valence-corrected chi connectivity index (χ4v) is 3.32. The van der Waals surface area contributed by atoms with E-state index in [1.54, 1.807) is 0 Å². The first-order chi connectivity index (χ1) is 8.61. The van der Waals surface area contributed by atoms with Gasteiger partial charge in [-0.1, -0.05) is 49.0 Å². The Morgan fingerprint density at radius 2 is 2.17 bits per heavy atom. The number of aryl methyl sites for hydroxylation is 1. The Balaban J connectivity index is 2.41. The maximum absolute atomic E-state index is 6.11. The second-order valence-electron chi connectivity index (χ2n) is 4.40. The number of hydrogen-bond acceptors (Lipinski definition) is 1. The molecular formula is C14H14Br2ClN. The van der Waals surface area contributed by atoms with E-state index in [-0.39, 0.29) is 0 Å². The molecule has 2 rings (SSSR count). The van der Waals surface area contributed by atoms with Crippen LogP contribution in [0.2, 0.25) is 5.02 Å². The van der Waals surface area contributed by atoms with Crippen LogP contribution in [0.15, 0.2) is 32.9 Å². The SMILES string of the molecule is CC1=C(N=CCBr)Cc2c(Br)cc(Cl)cc2CC1. The van der Waals surface area contributed by atoms with E-state index >= 15 is 0 Å². The minimum absolute atomic E-state index is 0.790. The highest BCUT2D eigenvalue weighted by Crippen LogP contribution is 2.33. The maximum Gasteiger partial charge on any atom is 0.0433 e. The molecule has 0 aromatic heterocycles. The van der Waals surface area contributed by atoms with E-state index in [1.807, 2.05) is 12.3 Å². The van der Waals surface area contributed by atoms with Crippen LogP contribution in [-0.4, -0.2) is 11.5 Å². The topological polar surface area (TPSA) is 12.4 Å². The fourth-order valence-electron chi connectivity index (χ4n) is 2.16. The molecule has 0 radical (unpaired) electrons. The number of fused-ring (bicyclic) bond motifs is 1. The molecule has 18 heavy (non-hydrogen) atoms. The zero-order valence-electron chi connectivity index (χ0n) is 10.1. The summed E-state index contributed by atoms with van der Waals surface area (Å²) in [4.78, 5) is 4.56. The Morgan fingerprint density at radius 1 is 1.39 bits per heavy atom. The maximum atomic E-state index is 6.11. The molecule has 1 aromatic carbocycles. The van der Waals surface area contributed by atoms with Crippen molar-refractivity contribution in [3.8, 4) is 0 Å². The molecule has 0 unspecified atom stereocenters. The third-order valence-corrected chi connectivity index (χ3v) is 4.39. The van der Waals surface area contributed by atoms with Crippen molar-refractivity contribution >= 4 is 49.7 Å². The zero-order chi connectivity index (χ0) is 13.1. The van der Waals surface area contributed by atoms with E-state index in [0.29, 0.717) is 0 Å². The zero-order valence-corrected chi connectivity index (χ0v) is 14.1. The van der Waals surface area contributed by atoms with Crippen molar-refractivity contribution in [2.24, 2.45) is 4.99 Å². The number of benzene rings is 1. The van der Waals surface area contributed by atoms with Crippen LogP contribution in [0.5, 0.6) is 0 Å². The lowest BCUT2D eigenvalue weighted by Gasteiger charge is -2.09. The van der Waals surface area contributed by atoms with E-state index in [0.717, 1.165) is 34.1 Å². The third-order valence-electron chi connectivity index (χ3n) is 3.17. The van der Waals surface area contributed by atoms with Gasteiger partial charge in [0.05, 0.1) is 0 Å². The lowest BCUT2D eigenvalue weighted by molar-refractivity contribution is 0.936. The Labute approximate surface area is 130 Å². The summed E-state index contributed by atoms with van der Waals surface area (Å²) in [7, 11) is 0. The van der Waals surface area contributed by atoms with Gasteiger partial charge < -0.3 is 0 Å². The van der Waals surface area contributed by atoms with Crippen molar-refractivity contribution in [2.45, 2.75) is 26.2 Å². The van der Waals surface area contributed by atoms with Crippen LogP contribution >= 0.6 is 43.5 Å². The minimum Gasteiger partial charge on any atom is -0.264 e. The van der Waals surface area contributed by atoms with E-state index in [2.05, 4.69) is 49.8 Å². The van der Waals surface area contributed by atoms with Gasteiger partial charge in [0.2, 0.25) is 0 Å². The molecule has 0 saturated heterocycles. The second-order valence-corrected chi connectivity index (χ2v) is 6.33. The van der Waals surface area contributed by atoms with Gasteiger partial charge in [-0.15, -0.1) is 0 Å². The summed E-state index contributed by atoms with van der Waals surface area (Å²) >= 11 is 13.1. The minimum atomic E-state index is 0.790. The highest BCUT2D eigenvalue weighted by molar-refractivity contribution is 9.10. The molecule has 0 fully saturated rings. The van der Waals surface area contributed by atoms with Crippen LogP contribution < -0.4 is 0 Å². The Hall–Kier alpha value is -0.120. The van der Waals surface area contributed by atoms with Crippen molar-refractivity contribution in [3.63, 3.8) is 0 Å². The average Bonchev–Trinajstić information content (AvgIpc) is 2.48. The average molecular weight is 392 g/mol. The first kappa shape index (κ1) is 14.3. The van der Waals surface area contributed by atoms with Gasteiger partial charge in [0.1, 0.15) is 0 Å². The van der Waals surface area contributed by atoms with Crippen molar-refractivity contribution in [1.29, 1.82) is 0 Å². The molecule has 1 aliphatic rings. The molecule has 0 bridgehead atoms. The number of hydrogen-bond donors (Lipinski definition) is 0.